The molecule has 0 aliphatic heterocycles. The first kappa shape index (κ1) is 18.8. The second kappa shape index (κ2) is 14.6. The Labute approximate surface area is 111 Å². The van der Waals surface area contributed by atoms with E-state index in [1.54, 1.807) is 12.4 Å². The summed E-state index contributed by atoms with van der Waals surface area (Å²) < 4.78 is 0.412. The zero-order valence-corrected chi connectivity index (χ0v) is 12.7. The number of nitrogens with zero attached hydrogens (tertiary/aromatic N) is 2. The summed E-state index contributed by atoms with van der Waals surface area (Å²) in [5.74, 6) is 0. The van der Waals surface area contributed by atoms with E-state index in [0.717, 1.165) is 0 Å². The van der Waals surface area contributed by atoms with Gasteiger partial charge in [-0.3, -0.25) is 10.6 Å². The molecule has 4 nitrogen and oxygen atoms in total. The standard InChI is InChI=1S/2C2H2N2S2.Zn/c2*3-1-4-2(5)6;/h2*(H2,4,5,6);/q;;+2. The predicted molar refractivity (Wildman–Crippen MR) is 59.8 cm³/mol. The van der Waals surface area contributed by atoms with Crippen LogP contribution in [0.25, 0.3) is 0 Å². The van der Waals surface area contributed by atoms with Crippen molar-refractivity contribution in [3.8, 4) is 12.4 Å². The van der Waals surface area contributed by atoms with Gasteiger partial charge in [0.05, 0.1) is 0 Å². The molecule has 0 heterocycles. The molecule has 0 spiro atoms. The van der Waals surface area contributed by atoms with Crippen LogP contribution < -0.4 is 10.6 Å². The van der Waals surface area contributed by atoms with Crippen molar-refractivity contribution >= 4 is 58.3 Å². The van der Waals surface area contributed by atoms with E-state index in [-0.39, 0.29) is 28.1 Å². The molecule has 0 amide bonds. The molecule has 13 heavy (non-hydrogen) atoms. The molecule has 0 aromatic carbocycles. The molecule has 0 saturated heterocycles. The molecule has 0 aliphatic carbocycles. The largest absolute Gasteiger partial charge is 2.00 e. The van der Waals surface area contributed by atoms with Gasteiger partial charge in [0.2, 0.25) is 0 Å². The Bertz CT molecular complexity index is 216. The Morgan fingerprint density at radius 3 is 1.23 bits per heavy atom. The van der Waals surface area contributed by atoms with Crippen LogP contribution in [0.3, 0.4) is 0 Å². The maximum absolute atomic E-state index is 7.74. The van der Waals surface area contributed by atoms with Gasteiger partial charge in [0.1, 0.15) is 8.64 Å². The maximum Gasteiger partial charge on any atom is 2.00 e. The fourth-order valence-electron chi connectivity index (χ4n) is 0.0956. The third-order valence-electron chi connectivity index (χ3n) is 0.326. The van der Waals surface area contributed by atoms with Crippen LogP contribution in [0.2, 0.25) is 0 Å². The third-order valence-corrected chi connectivity index (χ3v) is 0.753. The fourth-order valence-corrected chi connectivity index (χ4v) is 0.287. The van der Waals surface area contributed by atoms with Crippen molar-refractivity contribution in [2.24, 2.45) is 0 Å². The molecular formula is C4H4N4S4Zn+2. The first-order valence-corrected chi connectivity index (χ1v) is 4.01. The quantitative estimate of drug-likeness (QED) is 0.102. The summed E-state index contributed by atoms with van der Waals surface area (Å²) in [4.78, 5) is 0. The fraction of sp³-hybridized carbons (Fsp3) is 0. The monoisotopic (exact) mass is 300 g/mol. The first-order valence-electron chi connectivity index (χ1n) is 2.30. The van der Waals surface area contributed by atoms with Gasteiger partial charge in [0.15, 0.2) is 36.8 Å². The van der Waals surface area contributed by atoms with Crippen LogP contribution in [0, 0.1) is 22.9 Å². The molecule has 0 atom stereocenters. The summed E-state index contributed by atoms with van der Waals surface area (Å²) in [5, 5.41) is 19.7. The maximum atomic E-state index is 7.74. The smallest absolute Gasteiger partial charge is 0.672 e. The molecule has 0 unspecified atom stereocenters. The summed E-state index contributed by atoms with van der Waals surface area (Å²) in [6.07, 6.45) is 3.20. The van der Waals surface area contributed by atoms with Gasteiger partial charge in [-0.05, 0) is 0 Å². The van der Waals surface area contributed by atoms with Crippen molar-refractivity contribution in [1.29, 1.82) is 10.5 Å². The number of hydrogen-bond donors (Lipinski definition) is 2. The van der Waals surface area contributed by atoms with Gasteiger partial charge in [-0.1, -0.05) is 0 Å². The molecule has 2 N–H and O–H groups in total. The van der Waals surface area contributed by atoms with Gasteiger partial charge in [-0.25, -0.2) is 0 Å². The number of nitriles is 2. The van der Waals surface area contributed by atoms with E-state index in [2.05, 4.69) is 60.3 Å². The zero-order valence-electron chi connectivity index (χ0n) is 6.31. The molecule has 0 bridgehead atoms. The Morgan fingerprint density at radius 2 is 1.23 bits per heavy atom. The summed E-state index contributed by atoms with van der Waals surface area (Å²) in [7, 11) is 0. The van der Waals surface area contributed by atoms with E-state index in [1.807, 2.05) is 0 Å². The molecule has 0 saturated carbocycles. The van der Waals surface area contributed by atoms with Gasteiger partial charge >= 0.3 is 19.5 Å². The van der Waals surface area contributed by atoms with E-state index in [4.69, 9.17) is 10.5 Å². The number of rotatable bonds is 0. The third kappa shape index (κ3) is 33.2. The van der Waals surface area contributed by atoms with E-state index in [0.29, 0.717) is 0 Å². The molecule has 0 aromatic heterocycles. The summed E-state index contributed by atoms with van der Waals surface area (Å²) >= 11 is 15.8. The second-order valence-electron chi connectivity index (χ2n) is 1.08. The minimum atomic E-state index is 0. The van der Waals surface area contributed by atoms with Crippen molar-refractivity contribution in [2.75, 3.05) is 0 Å². The van der Waals surface area contributed by atoms with Crippen LogP contribution in [-0.2, 0) is 69.2 Å². The summed E-state index contributed by atoms with van der Waals surface area (Å²) in [5.41, 5.74) is 0. The Balaban J connectivity index is -0.000000143. The molecule has 0 radical (unpaired) electrons. The van der Waals surface area contributed by atoms with E-state index < -0.39 is 0 Å². The van der Waals surface area contributed by atoms with Crippen molar-refractivity contribution in [2.45, 2.75) is 0 Å². The van der Waals surface area contributed by atoms with Crippen molar-refractivity contribution < 1.29 is 19.5 Å². The van der Waals surface area contributed by atoms with E-state index in [9.17, 15) is 0 Å². The van der Waals surface area contributed by atoms with Gasteiger partial charge in [-0.15, -0.1) is 0 Å². The number of nitrogens with one attached hydrogen (secondary N) is 2. The average Bonchev–Trinajstić information content (AvgIpc) is 1.87. The van der Waals surface area contributed by atoms with Crippen LogP contribution in [0.4, 0.5) is 0 Å². The van der Waals surface area contributed by atoms with E-state index in [1.165, 1.54) is 0 Å². The van der Waals surface area contributed by atoms with E-state index >= 15 is 0 Å². The van der Waals surface area contributed by atoms with Crippen LogP contribution in [-0.4, -0.2) is 8.64 Å². The average molecular weight is 302 g/mol. The Kier molecular flexibility index (Phi) is 21.1. The van der Waals surface area contributed by atoms with Crippen LogP contribution in [0.1, 0.15) is 0 Å². The normalized spacial score (nSPS) is 5.54. The topological polar surface area (TPSA) is 71.6 Å². The van der Waals surface area contributed by atoms with Crippen LogP contribution >= 0.6 is 0 Å². The van der Waals surface area contributed by atoms with Gasteiger partial charge < -0.3 is 25.3 Å². The number of thiol groups is 2. The predicted octanol–water partition coefficient (Wildman–Crippen LogP) is -2.06. The van der Waals surface area contributed by atoms with Gasteiger partial charge in [0, 0.05) is 0 Å². The molecule has 64 valence electrons. The van der Waals surface area contributed by atoms with Crippen molar-refractivity contribution in [1.82, 2.24) is 10.6 Å². The molecular weight excluding hydrogens is 298 g/mol. The van der Waals surface area contributed by atoms with Crippen LogP contribution in [0.5, 0.6) is 0 Å². The van der Waals surface area contributed by atoms with Crippen molar-refractivity contribution in [3.63, 3.8) is 0 Å². The molecule has 9 heteroatoms. The van der Waals surface area contributed by atoms with Crippen LogP contribution in [0.15, 0.2) is 0 Å². The molecule has 0 rings (SSSR count). The molecule has 0 aliphatic rings. The number of hydrogen-bond acceptors (Lipinski definition) is 4. The molecule has 0 fully saturated rings. The Hall–Kier alpha value is 0.0834. The van der Waals surface area contributed by atoms with Gasteiger partial charge in [-0.2, -0.15) is 10.5 Å². The second-order valence-corrected chi connectivity index (χ2v) is 3.40. The molecule has 0 aromatic rings. The Morgan fingerprint density at radius 1 is 1.00 bits per heavy atom. The first-order chi connectivity index (χ1) is 5.54. The zero-order chi connectivity index (χ0) is 9.98. The minimum absolute atomic E-state index is 0. The van der Waals surface area contributed by atoms with Gasteiger partial charge in [0.25, 0.3) is 0 Å². The summed E-state index contributed by atoms with van der Waals surface area (Å²) in [6, 6.07) is 0. The SMILES string of the molecule is N#CNC([S-])=[SH+].N#CNC([S-])=[SH+].[Zn+2]. The minimum Gasteiger partial charge on any atom is -0.672 e. The van der Waals surface area contributed by atoms with Crippen molar-refractivity contribution in [3.05, 3.63) is 0 Å². The summed E-state index contributed by atoms with van der Waals surface area (Å²) in [6.45, 7) is 0.